The molecular formula is C13H10ClNO2. The molecule has 4 heteroatoms. The van der Waals surface area contributed by atoms with Crippen LogP contribution < -0.4 is 0 Å². The SMILES string of the molecule is Cc1cnccc1-c1ccc(C(=O)O)cc1Cl. The zero-order valence-corrected chi connectivity index (χ0v) is 9.90. The van der Waals surface area contributed by atoms with Crippen molar-refractivity contribution in [2.75, 3.05) is 0 Å². The Balaban J connectivity index is 2.55. The molecule has 0 bridgehead atoms. The smallest absolute Gasteiger partial charge is 0.335 e. The van der Waals surface area contributed by atoms with Crippen molar-refractivity contribution in [3.63, 3.8) is 0 Å². The maximum absolute atomic E-state index is 10.8. The summed E-state index contributed by atoms with van der Waals surface area (Å²) in [6, 6.07) is 6.58. The summed E-state index contributed by atoms with van der Waals surface area (Å²) in [7, 11) is 0. The van der Waals surface area contributed by atoms with Crippen LogP contribution in [-0.2, 0) is 0 Å². The van der Waals surface area contributed by atoms with E-state index in [0.29, 0.717) is 5.02 Å². The maximum Gasteiger partial charge on any atom is 0.335 e. The lowest BCUT2D eigenvalue weighted by Crippen LogP contribution is -1.96. The van der Waals surface area contributed by atoms with Gasteiger partial charge in [-0.2, -0.15) is 0 Å². The minimum Gasteiger partial charge on any atom is -0.478 e. The molecule has 0 aliphatic carbocycles. The number of carboxylic acids is 1. The third-order valence-corrected chi connectivity index (χ3v) is 2.84. The molecule has 0 atom stereocenters. The number of rotatable bonds is 2. The molecule has 0 amide bonds. The molecule has 1 heterocycles. The zero-order chi connectivity index (χ0) is 12.4. The summed E-state index contributed by atoms with van der Waals surface area (Å²) in [5.74, 6) is -0.982. The molecule has 0 saturated carbocycles. The van der Waals surface area contributed by atoms with Crippen molar-refractivity contribution in [3.8, 4) is 11.1 Å². The highest BCUT2D eigenvalue weighted by Crippen LogP contribution is 2.30. The van der Waals surface area contributed by atoms with Crippen LogP contribution in [0.15, 0.2) is 36.7 Å². The van der Waals surface area contributed by atoms with Crippen molar-refractivity contribution in [2.45, 2.75) is 6.92 Å². The minimum atomic E-state index is -0.982. The highest BCUT2D eigenvalue weighted by atomic mass is 35.5. The lowest BCUT2D eigenvalue weighted by atomic mass is 10.0. The van der Waals surface area contributed by atoms with Crippen LogP contribution in [0.1, 0.15) is 15.9 Å². The van der Waals surface area contributed by atoms with E-state index in [9.17, 15) is 4.79 Å². The molecule has 0 fully saturated rings. The molecule has 0 unspecified atom stereocenters. The van der Waals surface area contributed by atoms with Crippen molar-refractivity contribution in [1.82, 2.24) is 4.98 Å². The van der Waals surface area contributed by atoms with E-state index in [4.69, 9.17) is 16.7 Å². The van der Waals surface area contributed by atoms with Gasteiger partial charge in [-0.25, -0.2) is 4.79 Å². The molecule has 0 aliphatic rings. The van der Waals surface area contributed by atoms with Gasteiger partial charge in [0.25, 0.3) is 0 Å². The first-order valence-corrected chi connectivity index (χ1v) is 5.41. The van der Waals surface area contributed by atoms with Crippen molar-refractivity contribution in [2.24, 2.45) is 0 Å². The van der Waals surface area contributed by atoms with Crippen molar-refractivity contribution in [3.05, 3.63) is 52.8 Å². The molecule has 0 spiro atoms. The van der Waals surface area contributed by atoms with Crippen LogP contribution >= 0.6 is 11.6 Å². The standard InChI is InChI=1S/C13H10ClNO2/c1-8-7-15-5-4-10(8)11-3-2-9(13(16)17)6-12(11)14/h2-7H,1H3,(H,16,17). The average Bonchev–Trinajstić information content (AvgIpc) is 2.30. The summed E-state index contributed by atoms with van der Waals surface area (Å²) in [5.41, 5.74) is 2.96. The van der Waals surface area contributed by atoms with E-state index in [0.717, 1.165) is 16.7 Å². The third-order valence-electron chi connectivity index (χ3n) is 2.53. The molecule has 1 aromatic carbocycles. The number of hydrogen-bond acceptors (Lipinski definition) is 2. The minimum absolute atomic E-state index is 0.186. The van der Waals surface area contributed by atoms with Gasteiger partial charge in [-0.3, -0.25) is 4.98 Å². The van der Waals surface area contributed by atoms with Crippen molar-refractivity contribution < 1.29 is 9.90 Å². The van der Waals surface area contributed by atoms with Crippen LogP contribution in [0.5, 0.6) is 0 Å². The van der Waals surface area contributed by atoms with Gasteiger partial charge in [0.15, 0.2) is 0 Å². The van der Waals surface area contributed by atoms with Crippen LogP contribution in [0.3, 0.4) is 0 Å². The van der Waals surface area contributed by atoms with Crippen LogP contribution in [0.2, 0.25) is 5.02 Å². The van der Waals surface area contributed by atoms with E-state index >= 15 is 0 Å². The first-order valence-electron chi connectivity index (χ1n) is 5.03. The van der Waals surface area contributed by atoms with Gasteiger partial charge in [0.1, 0.15) is 0 Å². The highest BCUT2D eigenvalue weighted by Gasteiger charge is 2.09. The number of benzene rings is 1. The monoisotopic (exact) mass is 247 g/mol. The molecule has 1 N–H and O–H groups in total. The summed E-state index contributed by atoms with van der Waals surface area (Å²) in [4.78, 5) is 14.8. The van der Waals surface area contributed by atoms with Crippen LogP contribution in [0.4, 0.5) is 0 Å². The average molecular weight is 248 g/mol. The van der Waals surface area contributed by atoms with Crippen molar-refractivity contribution in [1.29, 1.82) is 0 Å². The van der Waals surface area contributed by atoms with E-state index < -0.39 is 5.97 Å². The second-order valence-electron chi connectivity index (χ2n) is 3.69. The molecule has 86 valence electrons. The van der Waals surface area contributed by atoms with E-state index in [2.05, 4.69) is 4.98 Å². The number of aryl methyl sites for hydroxylation is 1. The van der Waals surface area contributed by atoms with E-state index in [1.807, 2.05) is 13.0 Å². The van der Waals surface area contributed by atoms with E-state index in [1.165, 1.54) is 6.07 Å². The molecule has 2 aromatic rings. The second-order valence-corrected chi connectivity index (χ2v) is 4.10. The Morgan fingerprint density at radius 2 is 2.06 bits per heavy atom. The van der Waals surface area contributed by atoms with Gasteiger partial charge in [0.05, 0.1) is 5.56 Å². The lowest BCUT2D eigenvalue weighted by Gasteiger charge is -2.08. The van der Waals surface area contributed by atoms with E-state index in [-0.39, 0.29) is 5.56 Å². The van der Waals surface area contributed by atoms with E-state index in [1.54, 1.807) is 24.5 Å². The first kappa shape index (κ1) is 11.6. The number of aromatic nitrogens is 1. The fourth-order valence-corrected chi connectivity index (χ4v) is 1.92. The number of aromatic carboxylic acids is 1. The Bertz CT molecular complexity index is 581. The predicted molar refractivity (Wildman–Crippen MR) is 66.4 cm³/mol. The van der Waals surface area contributed by atoms with Gasteiger partial charge < -0.3 is 5.11 Å². The van der Waals surface area contributed by atoms with Gasteiger partial charge in [-0.05, 0) is 36.2 Å². The molecule has 0 saturated heterocycles. The second kappa shape index (κ2) is 4.55. The zero-order valence-electron chi connectivity index (χ0n) is 9.14. The predicted octanol–water partition coefficient (Wildman–Crippen LogP) is 3.41. The summed E-state index contributed by atoms with van der Waals surface area (Å²) in [5, 5.41) is 9.29. The fraction of sp³-hybridized carbons (Fsp3) is 0.0769. The summed E-state index contributed by atoms with van der Waals surface area (Å²) in [6.07, 6.45) is 3.43. The number of pyridine rings is 1. The van der Waals surface area contributed by atoms with Gasteiger partial charge in [0.2, 0.25) is 0 Å². The Morgan fingerprint density at radius 1 is 1.29 bits per heavy atom. The van der Waals surface area contributed by atoms with Crippen LogP contribution in [0, 0.1) is 6.92 Å². The Kier molecular flexibility index (Phi) is 3.11. The largest absolute Gasteiger partial charge is 0.478 e. The van der Waals surface area contributed by atoms with Gasteiger partial charge in [-0.1, -0.05) is 17.7 Å². The Hall–Kier alpha value is -1.87. The summed E-state index contributed by atoms with van der Waals surface area (Å²) in [6.45, 7) is 1.93. The van der Waals surface area contributed by atoms with Gasteiger partial charge >= 0.3 is 5.97 Å². The topological polar surface area (TPSA) is 50.2 Å². The lowest BCUT2D eigenvalue weighted by molar-refractivity contribution is 0.0697. The molecule has 3 nitrogen and oxygen atoms in total. The summed E-state index contributed by atoms with van der Waals surface area (Å²) >= 11 is 6.10. The number of nitrogens with zero attached hydrogens (tertiary/aromatic N) is 1. The van der Waals surface area contributed by atoms with Crippen molar-refractivity contribution >= 4 is 17.6 Å². The number of hydrogen-bond donors (Lipinski definition) is 1. The third kappa shape index (κ3) is 2.29. The molecule has 0 aliphatic heterocycles. The first-order chi connectivity index (χ1) is 8.09. The summed E-state index contributed by atoms with van der Waals surface area (Å²) < 4.78 is 0. The molecular weight excluding hydrogens is 238 g/mol. The Morgan fingerprint density at radius 3 is 2.65 bits per heavy atom. The van der Waals surface area contributed by atoms with Gasteiger partial charge in [0, 0.05) is 23.0 Å². The normalized spacial score (nSPS) is 10.2. The molecule has 17 heavy (non-hydrogen) atoms. The number of carbonyl (C=O) groups is 1. The quantitative estimate of drug-likeness (QED) is 0.885. The van der Waals surface area contributed by atoms with Crippen LogP contribution in [0.25, 0.3) is 11.1 Å². The number of carboxylic acid groups (broad SMARTS) is 1. The number of halogens is 1. The molecule has 2 rings (SSSR count). The Labute approximate surface area is 104 Å². The maximum atomic E-state index is 10.8. The van der Waals surface area contributed by atoms with Gasteiger partial charge in [-0.15, -0.1) is 0 Å². The van der Waals surface area contributed by atoms with Crippen LogP contribution in [-0.4, -0.2) is 16.1 Å². The fourth-order valence-electron chi connectivity index (χ4n) is 1.64. The molecule has 1 aromatic heterocycles. The molecule has 0 radical (unpaired) electrons. The highest BCUT2D eigenvalue weighted by molar-refractivity contribution is 6.33.